The van der Waals surface area contributed by atoms with Gasteiger partial charge in [0.15, 0.2) is 0 Å². The van der Waals surface area contributed by atoms with Gasteiger partial charge in [0, 0.05) is 23.8 Å². The Bertz CT molecular complexity index is 767. The molecule has 0 radical (unpaired) electrons. The van der Waals surface area contributed by atoms with Crippen LogP contribution in [0.5, 0.6) is 0 Å². The lowest BCUT2D eigenvalue weighted by molar-refractivity contribution is 0.102. The molecular formula is C22H29N3O. The van der Waals surface area contributed by atoms with E-state index in [0.29, 0.717) is 23.2 Å². The number of hydrogen-bond acceptors (Lipinski definition) is 3. The van der Waals surface area contributed by atoms with Crippen LogP contribution in [0.4, 0.5) is 17.1 Å². The highest BCUT2D eigenvalue weighted by Crippen LogP contribution is 2.31. The van der Waals surface area contributed by atoms with E-state index in [2.05, 4.69) is 31.0 Å². The number of rotatable bonds is 4. The van der Waals surface area contributed by atoms with Crippen molar-refractivity contribution in [3.63, 3.8) is 0 Å². The van der Waals surface area contributed by atoms with Crippen molar-refractivity contribution in [1.82, 2.24) is 0 Å². The van der Waals surface area contributed by atoms with E-state index < -0.39 is 0 Å². The molecule has 3 rings (SSSR count). The predicted octanol–water partition coefficient (Wildman–Crippen LogP) is 5.02. The molecule has 1 amide bonds. The Morgan fingerprint density at radius 2 is 1.88 bits per heavy atom. The second-order valence-electron chi connectivity index (χ2n) is 7.54. The minimum atomic E-state index is -0.112. The van der Waals surface area contributed by atoms with Crippen molar-refractivity contribution in [2.45, 2.75) is 52.0 Å². The molecule has 0 aromatic heterocycles. The van der Waals surface area contributed by atoms with Crippen LogP contribution in [0.15, 0.2) is 42.5 Å². The number of piperidine rings is 1. The number of anilines is 3. The van der Waals surface area contributed by atoms with Crippen LogP contribution in [0.2, 0.25) is 0 Å². The standard InChI is InChI=1S/C22H29N3O/c1-15(2)17-7-9-18(10-8-17)22(26)24-19-11-12-21(20(23)14-19)25-13-5-4-6-16(25)3/h7-12,14-16H,4-6,13,23H2,1-3H3,(H,24,26)/t16-/m0/s1. The molecule has 1 aliphatic heterocycles. The summed E-state index contributed by atoms with van der Waals surface area (Å²) in [4.78, 5) is 14.9. The van der Waals surface area contributed by atoms with Crippen molar-refractivity contribution in [2.75, 3.05) is 22.5 Å². The van der Waals surface area contributed by atoms with Crippen molar-refractivity contribution in [1.29, 1.82) is 0 Å². The summed E-state index contributed by atoms with van der Waals surface area (Å²) in [6.07, 6.45) is 3.68. The highest BCUT2D eigenvalue weighted by molar-refractivity contribution is 6.04. The maximum Gasteiger partial charge on any atom is 0.255 e. The van der Waals surface area contributed by atoms with Gasteiger partial charge < -0.3 is 16.0 Å². The minimum Gasteiger partial charge on any atom is -0.397 e. The van der Waals surface area contributed by atoms with Crippen LogP contribution in [-0.2, 0) is 0 Å². The molecule has 0 saturated carbocycles. The van der Waals surface area contributed by atoms with Crippen LogP contribution in [0.25, 0.3) is 0 Å². The number of carbonyl (C=O) groups is 1. The fraction of sp³-hybridized carbons (Fsp3) is 0.409. The SMILES string of the molecule is CC(C)c1ccc(C(=O)Nc2ccc(N3CCCC[C@@H]3C)c(N)c2)cc1. The Labute approximate surface area is 156 Å². The number of nitrogens with two attached hydrogens (primary N) is 1. The molecule has 1 atom stereocenters. The third kappa shape index (κ3) is 4.01. The van der Waals surface area contributed by atoms with E-state index in [-0.39, 0.29) is 5.91 Å². The van der Waals surface area contributed by atoms with Crippen LogP contribution >= 0.6 is 0 Å². The average molecular weight is 351 g/mol. The molecule has 2 aromatic rings. The highest BCUT2D eigenvalue weighted by Gasteiger charge is 2.20. The summed E-state index contributed by atoms with van der Waals surface area (Å²) < 4.78 is 0. The number of nitrogens with zero attached hydrogens (tertiary/aromatic N) is 1. The predicted molar refractivity (Wildman–Crippen MR) is 110 cm³/mol. The average Bonchev–Trinajstić information content (AvgIpc) is 2.63. The lowest BCUT2D eigenvalue weighted by Gasteiger charge is -2.36. The molecule has 0 aliphatic carbocycles. The van der Waals surface area contributed by atoms with E-state index in [1.54, 1.807) is 0 Å². The normalized spacial score (nSPS) is 17.4. The molecule has 26 heavy (non-hydrogen) atoms. The Kier molecular flexibility index (Phi) is 5.50. The summed E-state index contributed by atoms with van der Waals surface area (Å²) in [7, 11) is 0. The molecular weight excluding hydrogens is 322 g/mol. The van der Waals surface area contributed by atoms with Gasteiger partial charge in [-0.25, -0.2) is 0 Å². The Morgan fingerprint density at radius 3 is 2.50 bits per heavy atom. The molecule has 0 unspecified atom stereocenters. The second kappa shape index (κ2) is 7.81. The van der Waals surface area contributed by atoms with Crippen LogP contribution in [0.1, 0.15) is 61.9 Å². The highest BCUT2D eigenvalue weighted by atomic mass is 16.1. The Morgan fingerprint density at radius 1 is 1.15 bits per heavy atom. The van der Waals surface area contributed by atoms with Gasteiger partial charge in [-0.1, -0.05) is 26.0 Å². The first kappa shape index (κ1) is 18.3. The molecule has 2 aromatic carbocycles. The summed E-state index contributed by atoms with van der Waals surface area (Å²) in [6.45, 7) is 7.57. The topological polar surface area (TPSA) is 58.4 Å². The summed E-state index contributed by atoms with van der Waals surface area (Å²) in [5, 5.41) is 2.95. The third-order valence-corrected chi connectivity index (χ3v) is 5.24. The summed E-state index contributed by atoms with van der Waals surface area (Å²) >= 11 is 0. The Balaban J connectivity index is 1.72. The molecule has 0 bridgehead atoms. The van der Waals surface area contributed by atoms with Gasteiger partial charge in [-0.3, -0.25) is 4.79 Å². The van der Waals surface area contributed by atoms with Crippen molar-refractivity contribution in [3.8, 4) is 0 Å². The van der Waals surface area contributed by atoms with E-state index in [1.165, 1.54) is 24.8 Å². The molecule has 1 aliphatic rings. The smallest absolute Gasteiger partial charge is 0.255 e. The molecule has 1 fully saturated rings. The summed E-state index contributed by atoms with van der Waals surface area (Å²) in [6, 6.07) is 14.1. The maximum absolute atomic E-state index is 12.5. The fourth-order valence-electron chi connectivity index (χ4n) is 3.57. The fourth-order valence-corrected chi connectivity index (χ4v) is 3.57. The zero-order chi connectivity index (χ0) is 18.7. The first-order chi connectivity index (χ1) is 12.5. The van der Waals surface area contributed by atoms with E-state index in [4.69, 9.17) is 5.73 Å². The van der Waals surface area contributed by atoms with Gasteiger partial charge >= 0.3 is 0 Å². The monoisotopic (exact) mass is 351 g/mol. The Hall–Kier alpha value is -2.49. The first-order valence-corrected chi connectivity index (χ1v) is 9.53. The van der Waals surface area contributed by atoms with Crippen LogP contribution in [-0.4, -0.2) is 18.5 Å². The largest absolute Gasteiger partial charge is 0.397 e. The minimum absolute atomic E-state index is 0.112. The molecule has 1 heterocycles. The van der Waals surface area contributed by atoms with Crippen molar-refractivity contribution < 1.29 is 4.79 Å². The van der Waals surface area contributed by atoms with Gasteiger partial charge in [-0.05, 0) is 68.0 Å². The quantitative estimate of drug-likeness (QED) is 0.760. The molecule has 3 N–H and O–H groups in total. The number of amides is 1. The molecule has 4 nitrogen and oxygen atoms in total. The lowest BCUT2D eigenvalue weighted by Crippen LogP contribution is -2.37. The maximum atomic E-state index is 12.5. The first-order valence-electron chi connectivity index (χ1n) is 9.53. The zero-order valence-electron chi connectivity index (χ0n) is 16.0. The van der Waals surface area contributed by atoms with Gasteiger partial charge in [0.1, 0.15) is 0 Å². The van der Waals surface area contributed by atoms with E-state index in [9.17, 15) is 4.79 Å². The van der Waals surface area contributed by atoms with Gasteiger partial charge in [0.2, 0.25) is 0 Å². The molecule has 0 spiro atoms. The van der Waals surface area contributed by atoms with Crippen molar-refractivity contribution in [3.05, 3.63) is 53.6 Å². The lowest BCUT2D eigenvalue weighted by atomic mass is 10.0. The second-order valence-corrected chi connectivity index (χ2v) is 7.54. The van der Waals surface area contributed by atoms with Gasteiger partial charge in [-0.2, -0.15) is 0 Å². The number of carbonyl (C=O) groups excluding carboxylic acids is 1. The zero-order valence-corrected chi connectivity index (χ0v) is 16.0. The molecule has 4 heteroatoms. The van der Waals surface area contributed by atoms with E-state index in [0.717, 1.165) is 17.9 Å². The number of benzene rings is 2. The molecule has 1 saturated heterocycles. The van der Waals surface area contributed by atoms with Crippen LogP contribution < -0.4 is 16.0 Å². The summed E-state index contributed by atoms with van der Waals surface area (Å²) in [5.41, 5.74) is 10.7. The number of nitrogens with one attached hydrogen (secondary N) is 1. The number of hydrogen-bond donors (Lipinski definition) is 2. The van der Waals surface area contributed by atoms with E-state index in [1.807, 2.05) is 42.5 Å². The van der Waals surface area contributed by atoms with Gasteiger partial charge in [0.25, 0.3) is 5.91 Å². The summed E-state index contributed by atoms with van der Waals surface area (Å²) in [5.74, 6) is 0.343. The van der Waals surface area contributed by atoms with Crippen molar-refractivity contribution in [2.24, 2.45) is 0 Å². The van der Waals surface area contributed by atoms with Gasteiger partial charge in [0.05, 0.1) is 11.4 Å². The molecule has 138 valence electrons. The van der Waals surface area contributed by atoms with Crippen LogP contribution in [0.3, 0.4) is 0 Å². The van der Waals surface area contributed by atoms with E-state index >= 15 is 0 Å². The van der Waals surface area contributed by atoms with Crippen LogP contribution in [0, 0.1) is 0 Å². The number of nitrogen functional groups attached to an aromatic ring is 1. The third-order valence-electron chi connectivity index (χ3n) is 5.24. The van der Waals surface area contributed by atoms with Crippen molar-refractivity contribution >= 4 is 23.0 Å². The van der Waals surface area contributed by atoms with Gasteiger partial charge in [-0.15, -0.1) is 0 Å².